The molecule has 3 aromatic heterocycles. The molecular formula is C21H22N6O. The lowest BCUT2D eigenvalue weighted by atomic mass is 10.1. The van der Waals surface area contributed by atoms with E-state index in [4.69, 9.17) is 0 Å². The Morgan fingerprint density at radius 3 is 2.68 bits per heavy atom. The van der Waals surface area contributed by atoms with Crippen LogP contribution in [0.3, 0.4) is 0 Å². The van der Waals surface area contributed by atoms with Crippen LogP contribution in [0.4, 0.5) is 5.69 Å². The lowest BCUT2D eigenvalue weighted by molar-refractivity contribution is 0.102. The summed E-state index contributed by atoms with van der Waals surface area (Å²) in [7, 11) is 1.82. The number of hydrogen-bond donors (Lipinski definition) is 1. The summed E-state index contributed by atoms with van der Waals surface area (Å²) in [4.78, 5) is 17.4. The highest BCUT2D eigenvalue weighted by Gasteiger charge is 2.15. The van der Waals surface area contributed by atoms with Crippen molar-refractivity contribution in [2.45, 2.75) is 27.3 Å². The minimum atomic E-state index is -0.174. The molecule has 0 unspecified atom stereocenters. The summed E-state index contributed by atoms with van der Waals surface area (Å²) >= 11 is 0. The van der Waals surface area contributed by atoms with E-state index in [1.807, 2.05) is 56.8 Å². The van der Waals surface area contributed by atoms with Crippen molar-refractivity contribution in [2.75, 3.05) is 5.32 Å². The van der Waals surface area contributed by atoms with Gasteiger partial charge in [0.2, 0.25) is 0 Å². The molecule has 28 heavy (non-hydrogen) atoms. The summed E-state index contributed by atoms with van der Waals surface area (Å²) < 4.78 is 3.63. The number of nitrogens with one attached hydrogen (secondary N) is 1. The molecule has 7 heteroatoms. The van der Waals surface area contributed by atoms with E-state index in [9.17, 15) is 4.79 Å². The van der Waals surface area contributed by atoms with Crippen molar-refractivity contribution < 1.29 is 4.79 Å². The molecular weight excluding hydrogens is 352 g/mol. The molecule has 0 atom stereocenters. The third kappa shape index (κ3) is 3.38. The Kier molecular flexibility index (Phi) is 4.43. The van der Waals surface area contributed by atoms with Gasteiger partial charge in [-0.2, -0.15) is 10.2 Å². The average Bonchev–Trinajstić information content (AvgIpc) is 3.16. The van der Waals surface area contributed by atoms with Crippen molar-refractivity contribution in [1.29, 1.82) is 0 Å². The van der Waals surface area contributed by atoms with E-state index >= 15 is 0 Å². The fourth-order valence-electron chi connectivity index (χ4n) is 3.38. The van der Waals surface area contributed by atoms with Crippen LogP contribution in [-0.4, -0.2) is 30.5 Å². The zero-order valence-corrected chi connectivity index (χ0v) is 16.4. The molecule has 0 aliphatic carbocycles. The summed E-state index contributed by atoms with van der Waals surface area (Å²) in [6.07, 6.45) is 1.68. The van der Waals surface area contributed by atoms with Gasteiger partial charge in [0.25, 0.3) is 5.91 Å². The van der Waals surface area contributed by atoms with Crippen LogP contribution in [0.5, 0.6) is 0 Å². The van der Waals surface area contributed by atoms with Crippen LogP contribution in [0.25, 0.3) is 11.0 Å². The minimum Gasteiger partial charge on any atom is -0.322 e. The number of fused-ring (bicyclic) bond motifs is 1. The summed E-state index contributed by atoms with van der Waals surface area (Å²) in [6, 6.07) is 11.7. The molecule has 142 valence electrons. The van der Waals surface area contributed by atoms with Crippen molar-refractivity contribution in [3.63, 3.8) is 0 Å². The van der Waals surface area contributed by atoms with Gasteiger partial charge >= 0.3 is 0 Å². The number of pyridine rings is 1. The molecule has 1 amide bonds. The highest BCUT2D eigenvalue weighted by atomic mass is 16.1. The van der Waals surface area contributed by atoms with Crippen LogP contribution in [0.15, 0.2) is 42.6 Å². The molecule has 3 heterocycles. The Bertz CT molecular complexity index is 1190. The van der Waals surface area contributed by atoms with E-state index < -0.39 is 0 Å². The fraction of sp³-hybridized carbons (Fsp3) is 0.238. The van der Waals surface area contributed by atoms with Gasteiger partial charge in [0.1, 0.15) is 0 Å². The minimum absolute atomic E-state index is 0.174. The first kappa shape index (κ1) is 17.9. The molecule has 1 N–H and O–H groups in total. The first-order chi connectivity index (χ1) is 13.4. The highest BCUT2D eigenvalue weighted by molar-refractivity contribution is 6.12. The van der Waals surface area contributed by atoms with E-state index in [0.29, 0.717) is 17.8 Å². The lowest BCUT2D eigenvalue weighted by Gasteiger charge is -2.10. The number of aromatic nitrogens is 5. The van der Waals surface area contributed by atoms with Crippen molar-refractivity contribution >= 4 is 22.6 Å². The molecule has 1 aromatic carbocycles. The van der Waals surface area contributed by atoms with Crippen LogP contribution in [0.2, 0.25) is 0 Å². The molecule has 0 aliphatic rings. The number of aryl methyl sites for hydroxylation is 4. The van der Waals surface area contributed by atoms with E-state index in [1.165, 1.54) is 0 Å². The third-order valence-corrected chi connectivity index (χ3v) is 4.70. The van der Waals surface area contributed by atoms with Gasteiger partial charge in [-0.15, -0.1) is 0 Å². The predicted molar refractivity (Wildman–Crippen MR) is 108 cm³/mol. The largest absolute Gasteiger partial charge is 0.322 e. The molecule has 4 rings (SSSR count). The number of hydrogen-bond acceptors (Lipinski definition) is 4. The summed E-state index contributed by atoms with van der Waals surface area (Å²) in [6.45, 7) is 6.55. The van der Waals surface area contributed by atoms with Gasteiger partial charge in [0, 0.05) is 24.1 Å². The van der Waals surface area contributed by atoms with Gasteiger partial charge in [0.15, 0.2) is 5.65 Å². The summed E-state index contributed by atoms with van der Waals surface area (Å²) in [5.41, 5.74) is 5.97. The van der Waals surface area contributed by atoms with Crippen LogP contribution >= 0.6 is 0 Å². The second-order valence-electron chi connectivity index (χ2n) is 7.06. The summed E-state index contributed by atoms with van der Waals surface area (Å²) in [5, 5.41) is 12.5. The molecule has 0 fully saturated rings. The van der Waals surface area contributed by atoms with Crippen LogP contribution in [0, 0.1) is 20.8 Å². The van der Waals surface area contributed by atoms with Gasteiger partial charge in [-0.1, -0.05) is 12.1 Å². The molecule has 0 saturated carbocycles. The van der Waals surface area contributed by atoms with Crippen molar-refractivity contribution in [3.05, 3.63) is 70.8 Å². The smallest absolute Gasteiger partial charge is 0.256 e. The topological polar surface area (TPSA) is 77.6 Å². The second-order valence-corrected chi connectivity index (χ2v) is 7.06. The maximum atomic E-state index is 12.9. The Labute approximate surface area is 163 Å². The van der Waals surface area contributed by atoms with Gasteiger partial charge in [-0.25, -0.2) is 4.98 Å². The normalized spacial score (nSPS) is 11.1. The van der Waals surface area contributed by atoms with Crippen LogP contribution < -0.4 is 5.32 Å². The van der Waals surface area contributed by atoms with Crippen LogP contribution in [-0.2, 0) is 13.6 Å². The standard InChI is InChI=1S/C21H22N6O/c1-13-9-18(19-11-22-26(4)20(19)23-13)21(28)24-17-7-5-6-16(10-17)12-27-15(3)8-14(2)25-27/h5-11H,12H2,1-4H3,(H,24,28). The number of carbonyl (C=O) groups excluding carboxylic acids is 1. The lowest BCUT2D eigenvalue weighted by Crippen LogP contribution is -2.13. The molecule has 0 radical (unpaired) electrons. The van der Waals surface area contributed by atoms with E-state index in [-0.39, 0.29) is 5.91 Å². The number of benzene rings is 1. The van der Waals surface area contributed by atoms with E-state index in [2.05, 4.69) is 26.6 Å². The molecule has 7 nitrogen and oxygen atoms in total. The van der Waals surface area contributed by atoms with Gasteiger partial charge in [-0.3, -0.25) is 14.2 Å². The predicted octanol–water partition coefficient (Wildman–Crippen LogP) is 3.39. The zero-order chi connectivity index (χ0) is 19.8. The molecule has 0 spiro atoms. The first-order valence-electron chi connectivity index (χ1n) is 9.11. The zero-order valence-electron chi connectivity index (χ0n) is 16.4. The Morgan fingerprint density at radius 2 is 1.93 bits per heavy atom. The Balaban J connectivity index is 1.60. The number of nitrogens with zero attached hydrogens (tertiary/aromatic N) is 5. The first-order valence-corrected chi connectivity index (χ1v) is 9.11. The number of carbonyl (C=O) groups is 1. The van der Waals surface area contributed by atoms with Gasteiger partial charge < -0.3 is 5.32 Å². The molecule has 0 bridgehead atoms. The van der Waals surface area contributed by atoms with Gasteiger partial charge in [0.05, 0.1) is 29.4 Å². The maximum absolute atomic E-state index is 12.9. The number of rotatable bonds is 4. The van der Waals surface area contributed by atoms with Crippen molar-refractivity contribution in [2.24, 2.45) is 7.05 Å². The third-order valence-electron chi connectivity index (χ3n) is 4.70. The highest BCUT2D eigenvalue weighted by Crippen LogP contribution is 2.20. The Morgan fingerprint density at radius 1 is 1.11 bits per heavy atom. The fourth-order valence-corrected chi connectivity index (χ4v) is 3.38. The monoisotopic (exact) mass is 374 g/mol. The van der Waals surface area contributed by atoms with Gasteiger partial charge in [-0.05, 0) is 50.6 Å². The Hall–Kier alpha value is -3.48. The molecule has 0 aliphatic heterocycles. The van der Waals surface area contributed by atoms with E-state index in [0.717, 1.165) is 33.7 Å². The van der Waals surface area contributed by atoms with Crippen molar-refractivity contribution in [1.82, 2.24) is 24.5 Å². The second kappa shape index (κ2) is 6.92. The SMILES string of the molecule is Cc1cc(C(=O)Nc2cccc(Cn3nc(C)cc3C)c2)c2cnn(C)c2n1. The van der Waals surface area contributed by atoms with Crippen LogP contribution in [0.1, 0.15) is 33.0 Å². The maximum Gasteiger partial charge on any atom is 0.256 e. The number of anilines is 1. The van der Waals surface area contributed by atoms with Crippen molar-refractivity contribution in [3.8, 4) is 0 Å². The molecule has 0 saturated heterocycles. The molecule has 4 aromatic rings. The van der Waals surface area contributed by atoms with E-state index in [1.54, 1.807) is 16.9 Å². The number of amides is 1. The quantitative estimate of drug-likeness (QED) is 0.594. The average molecular weight is 374 g/mol. The summed E-state index contributed by atoms with van der Waals surface area (Å²) in [5.74, 6) is -0.174.